The van der Waals surface area contributed by atoms with Crippen molar-refractivity contribution in [1.82, 2.24) is 13.1 Å². The van der Waals surface area contributed by atoms with E-state index >= 15 is 0 Å². The van der Waals surface area contributed by atoms with E-state index in [9.17, 15) is 14.4 Å². The van der Waals surface area contributed by atoms with Crippen molar-refractivity contribution in [3.8, 4) is 0 Å². The number of hydrogen-bond acceptors (Lipinski definition) is 10. The fourth-order valence-electron chi connectivity index (χ4n) is 1.53. The highest BCUT2D eigenvalue weighted by Crippen LogP contribution is 2.25. The summed E-state index contributed by atoms with van der Waals surface area (Å²) in [5.41, 5.74) is 2.30. The first-order chi connectivity index (χ1) is 14.0. The number of nitrogens with zero attached hydrogens (tertiary/aromatic N) is 3. The molecule has 3 rings (SSSR count). The lowest BCUT2D eigenvalue weighted by molar-refractivity contribution is 0.0603. The van der Waals surface area contributed by atoms with E-state index in [1.807, 2.05) is 6.92 Å². The first-order valence-electron chi connectivity index (χ1n) is 7.71. The molecule has 0 aliphatic heterocycles. The third-order valence-corrected chi connectivity index (χ3v) is 8.16. The van der Waals surface area contributed by atoms with Gasteiger partial charge in [0.25, 0.3) is 0 Å². The summed E-state index contributed by atoms with van der Waals surface area (Å²) in [6, 6.07) is 1.55. The largest absolute Gasteiger partial charge is 0.477 e. The van der Waals surface area contributed by atoms with E-state index in [4.69, 9.17) is 10.2 Å². The Morgan fingerprint density at radius 2 is 1.37 bits per heavy atom. The van der Waals surface area contributed by atoms with Gasteiger partial charge >= 0.3 is 17.9 Å². The maximum atomic E-state index is 11.0. The molecule has 0 unspecified atom stereocenters. The predicted octanol–water partition coefficient (Wildman–Crippen LogP) is 5.06. The number of carbonyl (C=O) groups is 3. The number of carboxylic acids is 2. The number of aromatic nitrogens is 3. The van der Waals surface area contributed by atoms with E-state index in [-0.39, 0.29) is 10.8 Å². The van der Waals surface area contributed by atoms with Gasteiger partial charge in [-0.2, -0.15) is 13.1 Å². The number of hydrogen-bond donors (Lipinski definition) is 2. The number of rotatable bonds is 3. The summed E-state index contributed by atoms with van der Waals surface area (Å²) in [5, 5.41) is 16.9. The molecule has 0 saturated heterocycles. The Morgan fingerprint density at radius 3 is 1.60 bits per heavy atom. The fraction of sp³-hybridized carbons (Fsp3) is 0.250. The average molecular weight is 601 g/mol. The minimum atomic E-state index is -0.933. The number of aromatic carboxylic acids is 2. The summed E-state index contributed by atoms with van der Waals surface area (Å²) < 4.78 is 17.5. The summed E-state index contributed by atoms with van der Waals surface area (Å²) in [6.07, 6.45) is 0. The molecule has 0 spiro atoms. The summed E-state index contributed by atoms with van der Waals surface area (Å²) >= 11 is 9.49. The van der Waals surface area contributed by atoms with E-state index in [1.165, 1.54) is 7.11 Å². The normalized spacial score (nSPS) is 9.67. The summed E-state index contributed by atoms with van der Waals surface area (Å²) in [7, 11) is 1.35. The van der Waals surface area contributed by atoms with Crippen molar-refractivity contribution in [3.05, 3.63) is 46.7 Å². The molecule has 0 saturated carbocycles. The minimum Gasteiger partial charge on any atom is -0.477 e. The molecule has 3 aromatic heterocycles. The van der Waals surface area contributed by atoms with Crippen molar-refractivity contribution in [2.75, 3.05) is 7.11 Å². The zero-order valence-corrected chi connectivity index (χ0v) is 21.5. The van der Waals surface area contributed by atoms with Crippen LogP contribution in [0.15, 0.2) is 15.0 Å². The zero-order valence-electron chi connectivity index (χ0n) is 15.9. The number of carbonyl (C=O) groups excluding carboxylic acids is 1. The molecule has 30 heavy (non-hydrogen) atoms. The predicted molar refractivity (Wildman–Crippen MR) is 121 cm³/mol. The second kappa shape index (κ2) is 12.2. The van der Waals surface area contributed by atoms with E-state index < -0.39 is 11.9 Å². The number of aryl methyl sites for hydroxylation is 3. The molecule has 0 atom stereocenters. The molecule has 9 nitrogen and oxygen atoms in total. The molecule has 0 bridgehead atoms. The highest BCUT2D eigenvalue weighted by Gasteiger charge is 2.15. The zero-order chi connectivity index (χ0) is 23.0. The van der Waals surface area contributed by atoms with Gasteiger partial charge in [-0.05, 0) is 93.3 Å². The van der Waals surface area contributed by atoms with E-state index in [0.29, 0.717) is 14.2 Å². The molecule has 0 amide bonds. The van der Waals surface area contributed by atoms with Crippen molar-refractivity contribution >= 4 is 84.4 Å². The maximum Gasteiger partial charge on any atom is 0.350 e. The summed E-state index contributed by atoms with van der Waals surface area (Å²) in [5.74, 6) is -2.18. The molecule has 162 valence electrons. The SMILES string of the molecule is COC(=O)c1snc(C)c1Br.Cc1cc(C(=O)O)sn1.Cc1nsc(C(=O)O)c1Br. The van der Waals surface area contributed by atoms with Gasteiger partial charge in [-0.3, -0.25) is 0 Å². The van der Waals surface area contributed by atoms with Crippen molar-refractivity contribution in [2.45, 2.75) is 20.8 Å². The first-order valence-corrected chi connectivity index (χ1v) is 11.6. The van der Waals surface area contributed by atoms with Gasteiger partial charge in [-0.1, -0.05) is 0 Å². The van der Waals surface area contributed by atoms with Crippen LogP contribution in [0.4, 0.5) is 0 Å². The molecular weight excluding hydrogens is 586 g/mol. The molecule has 2 N–H and O–H groups in total. The van der Waals surface area contributed by atoms with Crippen LogP contribution in [0.1, 0.15) is 46.1 Å². The van der Waals surface area contributed by atoms with Crippen molar-refractivity contribution in [3.63, 3.8) is 0 Å². The molecule has 0 aliphatic rings. The Kier molecular flexibility index (Phi) is 10.7. The van der Waals surface area contributed by atoms with Gasteiger partial charge in [0.05, 0.1) is 33.1 Å². The number of esters is 1. The lowest BCUT2D eigenvalue weighted by Crippen LogP contribution is -1.98. The van der Waals surface area contributed by atoms with Crippen LogP contribution in [0.3, 0.4) is 0 Å². The Morgan fingerprint density at radius 1 is 0.867 bits per heavy atom. The summed E-state index contributed by atoms with van der Waals surface area (Å²) in [4.78, 5) is 32.6. The highest BCUT2D eigenvalue weighted by molar-refractivity contribution is 9.11. The first kappa shape index (κ1) is 26.3. The minimum absolute atomic E-state index is 0.262. The monoisotopic (exact) mass is 599 g/mol. The molecule has 0 aliphatic carbocycles. The Bertz CT molecular complexity index is 1050. The third-order valence-electron chi connectivity index (χ3n) is 2.99. The van der Waals surface area contributed by atoms with E-state index in [0.717, 1.165) is 56.2 Å². The highest BCUT2D eigenvalue weighted by atomic mass is 79.9. The van der Waals surface area contributed by atoms with Gasteiger partial charge in [0.1, 0.15) is 14.6 Å². The van der Waals surface area contributed by atoms with Gasteiger partial charge in [0.15, 0.2) is 0 Å². The molecular formula is C16H15Br2N3O6S3. The van der Waals surface area contributed by atoms with Gasteiger partial charge in [-0.25, -0.2) is 14.4 Å². The second-order valence-electron chi connectivity index (χ2n) is 5.26. The van der Waals surface area contributed by atoms with Crippen molar-refractivity contribution in [1.29, 1.82) is 0 Å². The van der Waals surface area contributed by atoms with Gasteiger partial charge < -0.3 is 14.9 Å². The maximum absolute atomic E-state index is 11.0. The molecule has 0 aromatic carbocycles. The summed E-state index contributed by atoms with van der Waals surface area (Å²) in [6.45, 7) is 5.35. The third kappa shape index (κ3) is 7.50. The molecule has 0 radical (unpaired) electrons. The van der Waals surface area contributed by atoms with Crippen LogP contribution in [0.2, 0.25) is 0 Å². The lowest BCUT2D eigenvalue weighted by Gasteiger charge is -1.93. The van der Waals surface area contributed by atoms with Crippen LogP contribution in [-0.4, -0.2) is 48.4 Å². The van der Waals surface area contributed by atoms with Crippen LogP contribution in [-0.2, 0) is 4.74 Å². The van der Waals surface area contributed by atoms with Gasteiger partial charge in [0, 0.05) is 0 Å². The van der Waals surface area contributed by atoms with Crippen LogP contribution in [0, 0.1) is 20.8 Å². The molecule has 14 heteroatoms. The van der Waals surface area contributed by atoms with E-state index in [1.54, 1.807) is 19.9 Å². The number of ether oxygens (including phenoxy) is 1. The number of methoxy groups -OCH3 is 1. The lowest BCUT2D eigenvalue weighted by atomic mass is 10.4. The van der Waals surface area contributed by atoms with Gasteiger partial charge in [-0.15, -0.1) is 0 Å². The number of halogens is 2. The molecule has 3 aromatic rings. The van der Waals surface area contributed by atoms with Crippen molar-refractivity contribution in [2.24, 2.45) is 0 Å². The average Bonchev–Trinajstić information content (AvgIpc) is 3.37. The Labute approximate surface area is 200 Å². The smallest absolute Gasteiger partial charge is 0.350 e. The number of carboxylic acid groups (broad SMARTS) is 2. The standard InChI is InChI=1S/C6H6BrNO2S.C5H4BrNO2S.C5H5NO2S/c1-3-4(7)5(11-8-3)6(9)10-2;1-2-3(6)4(5(8)9)10-7-2;1-3-2-4(5(7)8)9-6-3/h1-2H3;1H3,(H,8,9);2H,1H3,(H,7,8). The second-order valence-corrected chi connectivity index (χ2v) is 9.19. The van der Waals surface area contributed by atoms with Gasteiger partial charge in [0.2, 0.25) is 0 Å². The van der Waals surface area contributed by atoms with Crippen LogP contribution in [0.5, 0.6) is 0 Å². The molecule has 0 fully saturated rings. The topological polar surface area (TPSA) is 140 Å². The Hall–Kier alpha value is -1.74. The fourth-order valence-corrected chi connectivity index (χ4v) is 4.64. The van der Waals surface area contributed by atoms with Crippen molar-refractivity contribution < 1.29 is 29.3 Å². The quantitative estimate of drug-likeness (QED) is 0.394. The molecule has 3 heterocycles. The van der Waals surface area contributed by atoms with Crippen LogP contribution < -0.4 is 0 Å². The van der Waals surface area contributed by atoms with Crippen LogP contribution >= 0.6 is 66.5 Å². The van der Waals surface area contributed by atoms with E-state index in [2.05, 4.69) is 49.7 Å². The van der Waals surface area contributed by atoms with Crippen LogP contribution in [0.25, 0.3) is 0 Å². The Balaban J connectivity index is 0.000000226.